The van der Waals surface area contributed by atoms with Crippen LogP contribution in [0.2, 0.25) is 0 Å². The van der Waals surface area contributed by atoms with Gasteiger partial charge < -0.3 is 36.7 Å². The minimum absolute atomic E-state index is 0.0348. The highest BCUT2D eigenvalue weighted by molar-refractivity contribution is 7.83. The molecular weight excluding hydrogens is 634 g/mol. The second-order valence-corrected chi connectivity index (χ2v) is 12.4. The van der Waals surface area contributed by atoms with Crippen molar-refractivity contribution in [3.05, 3.63) is 74.6 Å². The topological polar surface area (TPSA) is 256 Å². The number of aromatic nitrogens is 2. The Morgan fingerprint density at radius 2 is 1.82 bits per heavy atom. The molecule has 0 aliphatic heterocycles. The van der Waals surface area contributed by atoms with Gasteiger partial charge in [-0.25, -0.2) is 4.98 Å². The summed E-state index contributed by atoms with van der Waals surface area (Å²) in [7, 11) is -3.59. The molecule has 45 heavy (non-hydrogen) atoms. The molecule has 17 nitrogen and oxygen atoms in total. The van der Waals surface area contributed by atoms with E-state index in [1.165, 1.54) is 42.7 Å². The summed E-state index contributed by atoms with van der Waals surface area (Å²) in [6, 6.07) is 5.59. The van der Waals surface area contributed by atoms with E-state index in [-0.39, 0.29) is 25.2 Å². The predicted molar refractivity (Wildman–Crippen MR) is 159 cm³/mol. The van der Waals surface area contributed by atoms with Crippen molar-refractivity contribution in [2.24, 2.45) is 0 Å². The van der Waals surface area contributed by atoms with Crippen LogP contribution in [-0.4, -0.2) is 88.0 Å². The summed E-state index contributed by atoms with van der Waals surface area (Å²) in [5.41, 5.74) is 4.84. The lowest BCUT2D eigenvalue weighted by atomic mass is 10.0. The van der Waals surface area contributed by atoms with Crippen LogP contribution in [0.1, 0.15) is 44.9 Å². The zero-order chi connectivity index (χ0) is 32.9. The number of ether oxygens (including phenoxy) is 1. The summed E-state index contributed by atoms with van der Waals surface area (Å²) in [5.74, 6) is -2.52. The first-order valence-electron chi connectivity index (χ1n) is 13.3. The van der Waals surface area contributed by atoms with Gasteiger partial charge in [-0.1, -0.05) is 12.1 Å². The number of rotatable bonds is 14. The summed E-state index contributed by atoms with van der Waals surface area (Å²) in [5, 5.41) is 28.9. The van der Waals surface area contributed by atoms with Crippen LogP contribution < -0.4 is 27.1 Å². The Hall–Kier alpha value is -4.56. The smallest absolute Gasteiger partial charge is 0.338 e. The SMILES string of the molecule is COCN([C@H](CNC(=O)c1ccc(CNC(=O)c2cc(=O)c(O)cn2O)cc1)CNC(=O)C1(c2csc(N)n2)CC1)S(=O)(=O)O. The number of pyridine rings is 1. The van der Waals surface area contributed by atoms with Crippen LogP contribution >= 0.6 is 11.3 Å². The number of hydrogen-bond acceptors (Lipinski definition) is 12. The molecule has 1 saturated carbocycles. The van der Waals surface area contributed by atoms with E-state index in [4.69, 9.17) is 10.5 Å². The van der Waals surface area contributed by atoms with E-state index in [0.29, 0.717) is 44.5 Å². The summed E-state index contributed by atoms with van der Waals surface area (Å²) in [6.07, 6.45) is 1.75. The second-order valence-electron chi connectivity index (χ2n) is 10.1. The number of thiazole rings is 1. The molecule has 1 aromatic carbocycles. The Bertz CT molecular complexity index is 1740. The Balaban J connectivity index is 1.38. The normalized spacial score (nSPS) is 14.5. The lowest BCUT2D eigenvalue weighted by Crippen LogP contribution is -2.53. The van der Waals surface area contributed by atoms with Crippen molar-refractivity contribution in [2.75, 3.05) is 32.7 Å². The lowest BCUT2D eigenvalue weighted by molar-refractivity contribution is -0.123. The molecule has 0 unspecified atom stereocenters. The van der Waals surface area contributed by atoms with Crippen LogP contribution in [-0.2, 0) is 31.8 Å². The summed E-state index contributed by atoms with van der Waals surface area (Å²) in [4.78, 5) is 54.1. The molecule has 1 fully saturated rings. The minimum Gasteiger partial charge on any atom is -0.503 e. The summed E-state index contributed by atoms with van der Waals surface area (Å²) >= 11 is 1.20. The fraction of sp³-hybridized carbons (Fsp3) is 0.346. The number of carbonyl (C=O) groups is 3. The molecule has 1 atom stereocenters. The summed E-state index contributed by atoms with van der Waals surface area (Å²) in [6.45, 7) is -1.18. The van der Waals surface area contributed by atoms with Gasteiger partial charge in [0.2, 0.25) is 11.3 Å². The van der Waals surface area contributed by atoms with Crippen LogP contribution in [0.15, 0.2) is 46.7 Å². The largest absolute Gasteiger partial charge is 0.503 e. The third-order valence-corrected chi connectivity index (χ3v) is 8.74. The van der Waals surface area contributed by atoms with E-state index < -0.39 is 63.1 Å². The van der Waals surface area contributed by atoms with Crippen molar-refractivity contribution >= 4 is 44.5 Å². The van der Waals surface area contributed by atoms with E-state index in [0.717, 1.165) is 6.07 Å². The molecule has 3 amide bonds. The average molecular weight is 666 g/mol. The molecule has 4 rings (SSSR count). The Morgan fingerprint density at radius 1 is 1.16 bits per heavy atom. The minimum atomic E-state index is -4.80. The second kappa shape index (κ2) is 13.6. The molecule has 0 saturated heterocycles. The van der Waals surface area contributed by atoms with Crippen LogP contribution in [0.25, 0.3) is 0 Å². The van der Waals surface area contributed by atoms with E-state index in [9.17, 15) is 42.5 Å². The van der Waals surface area contributed by atoms with Crippen molar-refractivity contribution in [3.63, 3.8) is 0 Å². The van der Waals surface area contributed by atoms with E-state index in [2.05, 4.69) is 20.9 Å². The van der Waals surface area contributed by atoms with Gasteiger partial charge in [-0.2, -0.15) is 13.1 Å². The maximum Gasteiger partial charge on any atom is 0.338 e. The summed E-state index contributed by atoms with van der Waals surface area (Å²) < 4.78 is 39.9. The molecule has 2 aromatic heterocycles. The highest BCUT2D eigenvalue weighted by Gasteiger charge is 2.53. The van der Waals surface area contributed by atoms with Gasteiger partial charge in [-0.15, -0.1) is 15.6 Å². The number of anilines is 1. The maximum absolute atomic E-state index is 13.1. The van der Waals surface area contributed by atoms with Crippen molar-refractivity contribution in [3.8, 4) is 5.75 Å². The first-order chi connectivity index (χ1) is 21.2. The number of amides is 3. The predicted octanol–water partition coefficient (Wildman–Crippen LogP) is -0.585. The van der Waals surface area contributed by atoms with E-state index in [1.807, 2.05) is 0 Å². The zero-order valence-corrected chi connectivity index (χ0v) is 25.4. The molecule has 0 spiro atoms. The monoisotopic (exact) mass is 665 g/mol. The molecule has 0 radical (unpaired) electrons. The van der Waals surface area contributed by atoms with Crippen molar-refractivity contribution in [1.29, 1.82) is 0 Å². The van der Waals surface area contributed by atoms with Crippen molar-refractivity contribution < 1.29 is 42.4 Å². The van der Waals surface area contributed by atoms with Gasteiger partial charge in [0.15, 0.2) is 10.9 Å². The lowest BCUT2D eigenvalue weighted by Gasteiger charge is -2.28. The fourth-order valence-electron chi connectivity index (χ4n) is 4.42. The third-order valence-electron chi connectivity index (χ3n) is 7.07. The quantitative estimate of drug-likeness (QED) is 0.0648. The number of nitrogen functional groups attached to an aromatic ring is 1. The number of methoxy groups -OCH3 is 1. The van der Waals surface area contributed by atoms with Gasteiger partial charge >= 0.3 is 10.3 Å². The van der Waals surface area contributed by atoms with Crippen LogP contribution in [0.4, 0.5) is 5.13 Å². The Morgan fingerprint density at radius 3 is 2.40 bits per heavy atom. The maximum atomic E-state index is 13.1. The van der Waals surface area contributed by atoms with E-state index in [1.54, 1.807) is 5.38 Å². The molecule has 3 aromatic rings. The molecular formula is C26H31N7O10S2. The molecule has 0 bridgehead atoms. The Labute approximate surface area is 260 Å². The molecule has 2 heterocycles. The number of nitrogens with zero attached hydrogens (tertiary/aromatic N) is 3. The highest BCUT2D eigenvalue weighted by atomic mass is 32.2. The first-order valence-corrected chi connectivity index (χ1v) is 15.6. The fourth-order valence-corrected chi connectivity index (χ4v) is 5.84. The number of carbonyl (C=O) groups excluding carboxylic acids is 3. The van der Waals surface area contributed by atoms with Gasteiger partial charge in [0.1, 0.15) is 12.4 Å². The number of hydrogen-bond donors (Lipinski definition) is 7. The van der Waals surface area contributed by atoms with Crippen molar-refractivity contribution in [1.82, 2.24) is 30.0 Å². The van der Waals surface area contributed by atoms with Crippen LogP contribution in [0.5, 0.6) is 5.75 Å². The zero-order valence-electron chi connectivity index (χ0n) is 23.8. The van der Waals surface area contributed by atoms with Crippen LogP contribution in [0, 0.1) is 0 Å². The highest BCUT2D eigenvalue weighted by Crippen LogP contribution is 2.48. The molecule has 19 heteroatoms. The van der Waals surface area contributed by atoms with Crippen LogP contribution in [0.3, 0.4) is 0 Å². The van der Waals surface area contributed by atoms with Gasteiger partial charge in [0.25, 0.3) is 11.8 Å². The molecule has 1 aliphatic rings. The van der Waals surface area contributed by atoms with Crippen molar-refractivity contribution in [2.45, 2.75) is 30.8 Å². The number of nitrogens with one attached hydrogen (secondary N) is 3. The molecule has 8 N–H and O–H groups in total. The third kappa shape index (κ3) is 7.94. The van der Waals surface area contributed by atoms with Gasteiger partial charge in [0.05, 0.1) is 23.3 Å². The number of benzene rings is 1. The van der Waals surface area contributed by atoms with Gasteiger partial charge in [-0.3, -0.25) is 23.7 Å². The van der Waals surface area contributed by atoms with Gasteiger partial charge in [0, 0.05) is 43.8 Å². The Kier molecular flexibility index (Phi) is 10.1. The average Bonchev–Trinajstić information content (AvgIpc) is 3.69. The number of nitrogens with two attached hydrogens (primary N) is 1. The first kappa shape index (κ1) is 33.3. The molecule has 242 valence electrons. The van der Waals surface area contributed by atoms with Gasteiger partial charge in [-0.05, 0) is 30.5 Å². The standard InChI is InChI=1S/C26H31N7O10S2/c1-43-14-33(45(40,41)42)17(11-30-24(38)26(6-7-26)21-13-44-25(27)31-21)10-29-22(36)16-4-2-15(3-5-16)9-28-23(37)18-8-19(34)20(35)12-32(18)39/h2-5,8,12-13,17,35,39H,6-7,9-11,14H2,1H3,(H2,27,31)(H,28,37)(H,29,36)(H,30,38)(H,40,41,42)/t17-/m1/s1. The van der Waals surface area contributed by atoms with E-state index >= 15 is 0 Å². The molecule has 1 aliphatic carbocycles. The number of aromatic hydroxyl groups is 1.